The predicted octanol–water partition coefficient (Wildman–Crippen LogP) is 6.99. The third-order valence-corrected chi connectivity index (χ3v) is 9.28. The standard InChI is InChI=1S/C36H37FN8/c37-28-18-24(6-5-15-44-11-1-2-12-44)16-26(19-28)34-29-20-33(40-31(29)9-10-39-34)36-35-32(42-43-36)8-7-30(41-35)27-17-25(21-38-22-27)23-45-13-3-4-14-45/h7-10,16-22,40H,1-6,11-15,23H2,(H,42,43). The van der Waals surface area contributed by atoms with Crippen molar-refractivity contribution in [2.24, 2.45) is 0 Å². The molecule has 0 atom stereocenters. The van der Waals surface area contributed by atoms with Crippen LogP contribution in [0.25, 0.3) is 55.8 Å². The Kier molecular flexibility index (Phi) is 7.56. The summed E-state index contributed by atoms with van der Waals surface area (Å²) in [6, 6.07) is 15.6. The number of pyridine rings is 3. The molecule has 2 aliphatic heterocycles. The number of hydrogen-bond acceptors (Lipinski definition) is 6. The number of likely N-dealkylation sites (tertiary alicyclic amines) is 2. The molecule has 2 saturated heterocycles. The fraction of sp³-hybridized carbons (Fsp3) is 0.333. The van der Waals surface area contributed by atoms with Gasteiger partial charge in [-0.3, -0.25) is 20.0 Å². The van der Waals surface area contributed by atoms with Crippen LogP contribution in [-0.2, 0) is 13.0 Å². The molecule has 0 saturated carbocycles. The Labute approximate surface area is 261 Å². The Balaban J connectivity index is 1.09. The van der Waals surface area contributed by atoms with Crippen molar-refractivity contribution >= 4 is 21.9 Å². The van der Waals surface area contributed by atoms with Crippen molar-refractivity contribution in [3.8, 4) is 33.9 Å². The van der Waals surface area contributed by atoms with Crippen LogP contribution in [0.3, 0.4) is 0 Å². The monoisotopic (exact) mass is 600 g/mol. The van der Waals surface area contributed by atoms with E-state index in [0.717, 1.165) is 100 Å². The summed E-state index contributed by atoms with van der Waals surface area (Å²) in [6.07, 6.45) is 12.6. The second-order valence-corrected chi connectivity index (χ2v) is 12.5. The largest absolute Gasteiger partial charge is 0.353 e. The zero-order valence-corrected chi connectivity index (χ0v) is 25.4. The number of rotatable bonds is 9. The minimum Gasteiger partial charge on any atom is -0.353 e. The number of hydrogen-bond donors (Lipinski definition) is 2. The summed E-state index contributed by atoms with van der Waals surface area (Å²) in [5.41, 5.74) is 9.72. The van der Waals surface area contributed by atoms with Gasteiger partial charge in [-0.15, -0.1) is 0 Å². The van der Waals surface area contributed by atoms with Crippen LogP contribution in [0.15, 0.2) is 67.1 Å². The predicted molar refractivity (Wildman–Crippen MR) is 176 cm³/mol. The SMILES string of the molecule is Fc1cc(CCCN2CCCC2)cc(-c2nccc3[nH]c(-c4n[nH]c5ccc(-c6cncc(CN7CCCC7)c6)nc45)cc23)c1. The normalized spacial score (nSPS) is 16.0. The quantitative estimate of drug-likeness (QED) is 0.186. The molecule has 7 heterocycles. The summed E-state index contributed by atoms with van der Waals surface area (Å²) < 4.78 is 14.9. The Morgan fingerprint density at radius 1 is 0.778 bits per heavy atom. The van der Waals surface area contributed by atoms with Crippen LogP contribution in [0.1, 0.15) is 43.2 Å². The molecule has 2 aliphatic rings. The highest BCUT2D eigenvalue weighted by molar-refractivity contribution is 5.99. The van der Waals surface area contributed by atoms with Gasteiger partial charge in [0.05, 0.1) is 22.6 Å². The molecule has 1 aromatic carbocycles. The molecule has 8 rings (SSSR count). The smallest absolute Gasteiger partial charge is 0.135 e. The highest BCUT2D eigenvalue weighted by Gasteiger charge is 2.18. The average Bonchev–Trinajstić information content (AvgIpc) is 3.88. The van der Waals surface area contributed by atoms with Crippen molar-refractivity contribution in [2.45, 2.75) is 45.1 Å². The third-order valence-electron chi connectivity index (χ3n) is 9.28. The minimum absolute atomic E-state index is 0.229. The molecule has 2 fully saturated rings. The van der Waals surface area contributed by atoms with Crippen LogP contribution in [0.5, 0.6) is 0 Å². The van der Waals surface area contributed by atoms with E-state index in [0.29, 0.717) is 0 Å². The molecular weight excluding hydrogens is 563 g/mol. The first-order valence-electron chi connectivity index (χ1n) is 16.2. The zero-order chi connectivity index (χ0) is 30.2. The molecule has 8 nitrogen and oxygen atoms in total. The first kappa shape index (κ1) is 28.0. The zero-order valence-electron chi connectivity index (χ0n) is 25.4. The van der Waals surface area contributed by atoms with Crippen molar-refractivity contribution in [3.05, 3.63) is 84.1 Å². The molecule has 0 bridgehead atoms. The molecule has 0 radical (unpaired) electrons. The summed E-state index contributed by atoms with van der Waals surface area (Å²) in [4.78, 5) is 22.8. The lowest BCUT2D eigenvalue weighted by Gasteiger charge is -2.14. The highest BCUT2D eigenvalue weighted by Crippen LogP contribution is 2.34. The molecule has 228 valence electrons. The number of fused-ring (bicyclic) bond motifs is 2. The van der Waals surface area contributed by atoms with Gasteiger partial charge in [0.15, 0.2) is 0 Å². The molecule has 0 spiro atoms. The van der Waals surface area contributed by atoms with Crippen LogP contribution in [0, 0.1) is 5.82 Å². The summed E-state index contributed by atoms with van der Waals surface area (Å²) in [5, 5.41) is 8.72. The van der Waals surface area contributed by atoms with Gasteiger partial charge in [0.25, 0.3) is 0 Å². The molecule has 0 amide bonds. The fourth-order valence-electron chi connectivity index (χ4n) is 7.02. The molecule has 0 aliphatic carbocycles. The van der Waals surface area contributed by atoms with Crippen molar-refractivity contribution in [3.63, 3.8) is 0 Å². The van der Waals surface area contributed by atoms with Gasteiger partial charge >= 0.3 is 0 Å². The minimum atomic E-state index is -0.229. The van der Waals surface area contributed by atoms with Crippen molar-refractivity contribution in [1.82, 2.24) is 39.9 Å². The van der Waals surface area contributed by atoms with E-state index in [1.54, 1.807) is 18.3 Å². The number of benzene rings is 1. The lowest BCUT2D eigenvalue weighted by molar-refractivity contribution is 0.331. The van der Waals surface area contributed by atoms with Crippen LogP contribution in [-0.4, -0.2) is 72.7 Å². The van der Waals surface area contributed by atoms with Crippen LogP contribution >= 0.6 is 0 Å². The first-order valence-corrected chi connectivity index (χ1v) is 16.2. The first-order chi connectivity index (χ1) is 22.2. The molecular formula is C36H37FN8. The molecule has 2 N–H and O–H groups in total. The maximum atomic E-state index is 14.9. The molecule has 0 unspecified atom stereocenters. The van der Waals surface area contributed by atoms with Crippen LogP contribution in [0.4, 0.5) is 4.39 Å². The van der Waals surface area contributed by atoms with Gasteiger partial charge in [-0.05, 0) is 131 Å². The topological polar surface area (TPSA) is 89.6 Å². The van der Waals surface area contributed by atoms with E-state index in [4.69, 9.17) is 9.97 Å². The fourth-order valence-corrected chi connectivity index (χ4v) is 7.02. The number of halogens is 1. The van der Waals surface area contributed by atoms with Gasteiger partial charge in [-0.2, -0.15) is 5.10 Å². The summed E-state index contributed by atoms with van der Waals surface area (Å²) in [6.45, 7) is 6.64. The maximum Gasteiger partial charge on any atom is 0.135 e. The van der Waals surface area contributed by atoms with Crippen molar-refractivity contribution in [1.29, 1.82) is 0 Å². The van der Waals surface area contributed by atoms with E-state index in [9.17, 15) is 4.39 Å². The summed E-state index contributed by atoms with van der Waals surface area (Å²) in [7, 11) is 0. The number of H-pyrrole nitrogens is 2. The van der Waals surface area contributed by atoms with Crippen LogP contribution in [0.2, 0.25) is 0 Å². The Hall–Kier alpha value is -4.47. The number of aromatic amines is 2. The van der Waals surface area contributed by atoms with Crippen LogP contribution < -0.4 is 0 Å². The van der Waals surface area contributed by atoms with Gasteiger partial charge in [-0.25, -0.2) is 9.37 Å². The average molecular weight is 601 g/mol. The van der Waals surface area contributed by atoms with Gasteiger partial charge in [0.1, 0.15) is 17.0 Å². The Bertz CT molecular complexity index is 1970. The van der Waals surface area contributed by atoms with Gasteiger partial charge in [0, 0.05) is 47.2 Å². The lowest BCUT2D eigenvalue weighted by Crippen LogP contribution is -2.20. The Morgan fingerprint density at radius 3 is 2.47 bits per heavy atom. The highest BCUT2D eigenvalue weighted by atomic mass is 19.1. The van der Waals surface area contributed by atoms with Gasteiger partial charge < -0.3 is 9.88 Å². The summed E-state index contributed by atoms with van der Waals surface area (Å²) >= 11 is 0. The van der Waals surface area contributed by atoms with E-state index >= 15 is 0 Å². The maximum absolute atomic E-state index is 14.9. The third kappa shape index (κ3) is 5.85. The second-order valence-electron chi connectivity index (χ2n) is 12.5. The number of nitrogens with one attached hydrogen (secondary N) is 2. The molecule has 6 aromatic rings. The van der Waals surface area contributed by atoms with E-state index in [-0.39, 0.29) is 5.82 Å². The number of aromatic nitrogens is 6. The second kappa shape index (κ2) is 12.1. The van der Waals surface area contributed by atoms with Gasteiger partial charge in [0.2, 0.25) is 0 Å². The summed E-state index contributed by atoms with van der Waals surface area (Å²) in [5.74, 6) is -0.229. The van der Waals surface area contributed by atoms with E-state index in [2.05, 4.69) is 48.2 Å². The number of nitrogens with zero attached hydrogens (tertiary/aromatic N) is 6. The molecule has 5 aromatic heterocycles. The molecule has 9 heteroatoms. The van der Waals surface area contributed by atoms with Gasteiger partial charge in [-0.1, -0.05) is 0 Å². The Morgan fingerprint density at radius 2 is 1.60 bits per heavy atom. The lowest BCUT2D eigenvalue weighted by atomic mass is 10.0. The van der Waals surface area contributed by atoms with E-state index in [1.807, 2.05) is 30.6 Å². The molecule has 45 heavy (non-hydrogen) atoms. The van der Waals surface area contributed by atoms with E-state index < -0.39 is 0 Å². The van der Waals surface area contributed by atoms with Crippen molar-refractivity contribution in [2.75, 3.05) is 32.7 Å². The van der Waals surface area contributed by atoms with Crippen molar-refractivity contribution < 1.29 is 4.39 Å². The number of aryl methyl sites for hydroxylation is 1. The van der Waals surface area contributed by atoms with E-state index in [1.165, 1.54) is 44.3 Å².